The number of likely N-dealkylation sites (N-methyl/N-ethyl adjacent to an activating group) is 1. The van der Waals surface area contributed by atoms with Crippen molar-refractivity contribution in [1.29, 1.82) is 0 Å². The number of hydrogen-bond acceptors (Lipinski definition) is 3. The third kappa shape index (κ3) is 4.50. The largest absolute Gasteiger partial charge is 0.444 e. The molecule has 1 aliphatic heterocycles. The van der Waals surface area contributed by atoms with Gasteiger partial charge in [-0.25, -0.2) is 4.79 Å². The van der Waals surface area contributed by atoms with Crippen LogP contribution in [-0.2, 0) is 4.74 Å². The van der Waals surface area contributed by atoms with Crippen LogP contribution in [0, 0.1) is 5.92 Å². The van der Waals surface area contributed by atoms with Gasteiger partial charge in [0.15, 0.2) is 0 Å². The Balaban J connectivity index is 2.28. The van der Waals surface area contributed by atoms with E-state index in [1.54, 1.807) is 0 Å². The first-order valence-electron chi connectivity index (χ1n) is 8.87. The summed E-state index contributed by atoms with van der Waals surface area (Å²) in [5.74, 6) is 0.682. The predicted molar refractivity (Wildman–Crippen MR) is 98.0 cm³/mol. The molecule has 24 heavy (non-hydrogen) atoms. The van der Waals surface area contributed by atoms with Crippen LogP contribution in [0.1, 0.15) is 59.1 Å². The molecular weight excluding hydrogens is 300 g/mol. The van der Waals surface area contributed by atoms with Crippen molar-refractivity contribution in [3.05, 3.63) is 35.9 Å². The molecule has 1 aliphatic rings. The van der Waals surface area contributed by atoms with Crippen molar-refractivity contribution in [3.8, 4) is 0 Å². The minimum atomic E-state index is -0.501. The summed E-state index contributed by atoms with van der Waals surface area (Å²) >= 11 is 0. The van der Waals surface area contributed by atoms with Gasteiger partial charge in [-0.2, -0.15) is 0 Å². The first kappa shape index (κ1) is 18.8. The van der Waals surface area contributed by atoms with Gasteiger partial charge >= 0.3 is 6.09 Å². The quantitative estimate of drug-likeness (QED) is 0.893. The van der Waals surface area contributed by atoms with Gasteiger partial charge in [-0.05, 0) is 59.1 Å². The van der Waals surface area contributed by atoms with Crippen molar-refractivity contribution < 1.29 is 9.53 Å². The highest BCUT2D eigenvalue weighted by Crippen LogP contribution is 2.39. The maximum atomic E-state index is 12.4. The standard InChI is InChI=1S/C20H32N2O2/c1-15-12-13-20(5,22(6)14-15)17(16-10-8-7-9-11-16)21-18(23)24-19(2,3)4/h7-11,15,17H,12-14H2,1-6H3,(H,21,23)/t15?,17-,20?/m0/s1. The van der Waals surface area contributed by atoms with E-state index in [0.29, 0.717) is 5.92 Å². The van der Waals surface area contributed by atoms with Crippen molar-refractivity contribution in [2.45, 2.75) is 64.6 Å². The van der Waals surface area contributed by atoms with Crippen molar-refractivity contribution in [2.75, 3.05) is 13.6 Å². The summed E-state index contributed by atoms with van der Waals surface area (Å²) in [6, 6.07) is 10.1. The topological polar surface area (TPSA) is 41.6 Å². The fourth-order valence-corrected chi connectivity index (χ4v) is 3.53. The molecule has 0 bridgehead atoms. The normalized spacial score (nSPS) is 26.7. The molecule has 1 N–H and O–H groups in total. The molecule has 1 saturated heterocycles. The van der Waals surface area contributed by atoms with Crippen LogP contribution in [0.4, 0.5) is 4.79 Å². The van der Waals surface area contributed by atoms with E-state index in [1.807, 2.05) is 39.0 Å². The van der Waals surface area contributed by atoms with Crippen LogP contribution in [0.25, 0.3) is 0 Å². The second kappa shape index (κ2) is 7.14. The first-order chi connectivity index (χ1) is 11.1. The molecule has 0 aliphatic carbocycles. The average Bonchev–Trinajstić information content (AvgIpc) is 2.48. The van der Waals surface area contributed by atoms with Crippen LogP contribution in [0.3, 0.4) is 0 Å². The SMILES string of the molecule is CC1CCC(C)([C@@H](NC(=O)OC(C)(C)C)c2ccccc2)N(C)C1. The molecule has 1 amide bonds. The number of alkyl carbamates (subject to hydrolysis) is 1. The van der Waals surface area contributed by atoms with Crippen molar-refractivity contribution in [3.63, 3.8) is 0 Å². The first-order valence-corrected chi connectivity index (χ1v) is 8.87. The molecule has 0 saturated carbocycles. The molecular formula is C20H32N2O2. The Morgan fingerprint density at radius 1 is 1.33 bits per heavy atom. The Bertz CT molecular complexity index is 553. The third-order valence-corrected chi connectivity index (χ3v) is 5.02. The third-order valence-electron chi connectivity index (χ3n) is 5.02. The highest BCUT2D eigenvalue weighted by molar-refractivity contribution is 5.68. The van der Waals surface area contributed by atoms with E-state index in [1.165, 1.54) is 6.42 Å². The van der Waals surface area contributed by atoms with Gasteiger partial charge in [0, 0.05) is 12.1 Å². The number of amides is 1. The highest BCUT2D eigenvalue weighted by atomic mass is 16.6. The zero-order valence-corrected chi connectivity index (χ0v) is 15.9. The van der Waals surface area contributed by atoms with Gasteiger partial charge in [-0.3, -0.25) is 4.90 Å². The second-order valence-corrected chi connectivity index (χ2v) is 8.37. The fraction of sp³-hybridized carbons (Fsp3) is 0.650. The van der Waals surface area contributed by atoms with E-state index in [4.69, 9.17) is 4.74 Å². The summed E-state index contributed by atoms with van der Waals surface area (Å²) < 4.78 is 5.51. The number of nitrogens with zero attached hydrogens (tertiary/aromatic N) is 1. The summed E-state index contributed by atoms with van der Waals surface area (Å²) in [4.78, 5) is 14.8. The Kier molecular flexibility index (Phi) is 5.59. The summed E-state index contributed by atoms with van der Waals surface area (Å²) in [6.45, 7) is 11.2. The summed E-state index contributed by atoms with van der Waals surface area (Å²) in [6.07, 6.45) is 1.85. The van der Waals surface area contributed by atoms with Gasteiger partial charge in [-0.15, -0.1) is 0 Å². The van der Waals surface area contributed by atoms with Gasteiger partial charge < -0.3 is 10.1 Å². The number of likely N-dealkylation sites (tertiary alicyclic amines) is 1. The lowest BCUT2D eigenvalue weighted by Crippen LogP contribution is -2.58. The van der Waals surface area contributed by atoms with Crippen LogP contribution in [0.15, 0.2) is 30.3 Å². The van der Waals surface area contributed by atoms with E-state index in [-0.39, 0.29) is 17.7 Å². The average molecular weight is 332 g/mol. The number of hydrogen-bond donors (Lipinski definition) is 1. The molecule has 2 unspecified atom stereocenters. The highest BCUT2D eigenvalue weighted by Gasteiger charge is 2.43. The van der Waals surface area contributed by atoms with Gasteiger partial charge in [0.2, 0.25) is 0 Å². The molecule has 134 valence electrons. The van der Waals surface area contributed by atoms with Crippen LogP contribution in [0.2, 0.25) is 0 Å². The van der Waals surface area contributed by atoms with E-state index in [9.17, 15) is 4.79 Å². The number of benzene rings is 1. The number of carbonyl (C=O) groups is 1. The molecule has 3 atom stereocenters. The summed E-state index contributed by atoms with van der Waals surface area (Å²) in [7, 11) is 2.16. The van der Waals surface area contributed by atoms with Crippen molar-refractivity contribution in [1.82, 2.24) is 10.2 Å². The van der Waals surface area contributed by atoms with Crippen LogP contribution < -0.4 is 5.32 Å². The lowest BCUT2D eigenvalue weighted by atomic mass is 9.77. The molecule has 1 aromatic rings. The molecule has 0 spiro atoms. The maximum absolute atomic E-state index is 12.4. The molecule has 4 nitrogen and oxygen atoms in total. The van der Waals surface area contributed by atoms with Gasteiger partial charge in [0.1, 0.15) is 5.60 Å². The van der Waals surface area contributed by atoms with E-state index in [0.717, 1.165) is 18.5 Å². The molecule has 1 heterocycles. The summed E-state index contributed by atoms with van der Waals surface area (Å²) in [5, 5.41) is 3.14. The van der Waals surface area contributed by atoms with Crippen LogP contribution >= 0.6 is 0 Å². The number of piperidine rings is 1. The fourth-order valence-electron chi connectivity index (χ4n) is 3.53. The van der Waals surface area contributed by atoms with Gasteiger partial charge in [-0.1, -0.05) is 37.3 Å². The van der Waals surface area contributed by atoms with Crippen molar-refractivity contribution >= 4 is 6.09 Å². The van der Waals surface area contributed by atoms with Crippen molar-refractivity contribution in [2.24, 2.45) is 5.92 Å². The van der Waals surface area contributed by atoms with Crippen LogP contribution in [-0.4, -0.2) is 35.7 Å². The van der Waals surface area contributed by atoms with Gasteiger partial charge in [0.25, 0.3) is 0 Å². The lowest BCUT2D eigenvalue weighted by Gasteiger charge is -2.49. The number of rotatable bonds is 3. The molecule has 1 aromatic carbocycles. The van der Waals surface area contributed by atoms with E-state index in [2.05, 4.69) is 43.2 Å². The molecule has 2 rings (SSSR count). The Morgan fingerprint density at radius 2 is 1.96 bits per heavy atom. The number of carbonyl (C=O) groups excluding carboxylic acids is 1. The molecule has 0 radical (unpaired) electrons. The Labute approximate surface area is 146 Å². The smallest absolute Gasteiger partial charge is 0.408 e. The van der Waals surface area contributed by atoms with Crippen LogP contribution in [0.5, 0.6) is 0 Å². The Morgan fingerprint density at radius 3 is 2.50 bits per heavy atom. The minimum absolute atomic E-state index is 0.106. The zero-order chi connectivity index (χ0) is 18.0. The zero-order valence-electron chi connectivity index (χ0n) is 15.9. The maximum Gasteiger partial charge on any atom is 0.408 e. The molecule has 0 aromatic heterocycles. The molecule has 1 fully saturated rings. The predicted octanol–water partition coefficient (Wildman–Crippen LogP) is 4.37. The minimum Gasteiger partial charge on any atom is -0.444 e. The Hall–Kier alpha value is -1.55. The number of nitrogens with one attached hydrogen (secondary N) is 1. The van der Waals surface area contributed by atoms with E-state index < -0.39 is 5.60 Å². The molecule has 4 heteroatoms. The summed E-state index contributed by atoms with van der Waals surface area (Å²) in [5.41, 5.74) is 0.483. The van der Waals surface area contributed by atoms with Gasteiger partial charge in [0.05, 0.1) is 6.04 Å². The number of ether oxygens (including phenoxy) is 1. The lowest BCUT2D eigenvalue weighted by molar-refractivity contribution is 0.0140. The second-order valence-electron chi connectivity index (χ2n) is 8.37. The monoisotopic (exact) mass is 332 g/mol. The van der Waals surface area contributed by atoms with E-state index >= 15 is 0 Å².